The minimum absolute atomic E-state index is 0.559. The Bertz CT molecular complexity index is 576. The van der Waals surface area contributed by atoms with Crippen molar-refractivity contribution in [1.29, 1.82) is 0 Å². The van der Waals surface area contributed by atoms with Gasteiger partial charge >= 0.3 is 0 Å². The monoisotopic (exact) mass is 340 g/mol. The quantitative estimate of drug-likeness (QED) is 0.929. The van der Waals surface area contributed by atoms with Gasteiger partial charge in [0.15, 0.2) is 0 Å². The summed E-state index contributed by atoms with van der Waals surface area (Å²) >= 11 is 9.62. The molecule has 0 unspecified atom stereocenters. The highest BCUT2D eigenvalue weighted by Crippen LogP contribution is 2.29. The molecule has 100 valence electrons. The lowest BCUT2D eigenvalue weighted by molar-refractivity contribution is 0.847. The Hall–Kier alpha value is -1.17. The van der Waals surface area contributed by atoms with Crippen LogP contribution in [0.3, 0.4) is 0 Å². The summed E-state index contributed by atoms with van der Waals surface area (Å²) in [5.74, 6) is 0.641. The first kappa shape index (κ1) is 14.2. The molecule has 0 saturated heterocycles. The highest BCUT2D eigenvalue weighted by atomic mass is 79.9. The van der Waals surface area contributed by atoms with Crippen LogP contribution in [0.4, 0.5) is 5.95 Å². The Morgan fingerprint density at radius 2 is 2.16 bits per heavy atom. The molecule has 0 bridgehead atoms. The largest absolute Gasteiger partial charge is 0.343 e. The van der Waals surface area contributed by atoms with Crippen LogP contribution in [0.15, 0.2) is 34.9 Å². The van der Waals surface area contributed by atoms with Gasteiger partial charge in [-0.05, 0) is 18.2 Å². The van der Waals surface area contributed by atoms with Gasteiger partial charge in [-0.2, -0.15) is 0 Å². The lowest BCUT2D eigenvalue weighted by Crippen LogP contribution is -2.26. The van der Waals surface area contributed by atoms with Gasteiger partial charge in [0, 0.05) is 36.4 Å². The van der Waals surface area contributed by atoms with Gasteiger partial charge < -0.3 is 10.6 Å². The number of aromatic nitrogens is 2. The van der Waals surface area contributed by atoms with Crippen molar-refractivity contribution < 1.29 is 0 Å². The van der Waals surface area contributed by atoms with Crippen LogP contribution < -0.4 is 10.6 Å². The molecule has 1 aromatic heterocycles. The number of nitrogens with two attached hydrogens (primary N) is 1. The van der Waals surface area contributed by atoms with E-state index in [0.717, 1.165) is 15.7 Å². The van der Waals surface area contributed by atoms with Crippen molar-refractivity contribution in [1.82, 2.24) is 9.97 Å². The smallest absolute Gasteiger partial charge is 0.225 e. The van der Waals surface area contributed by atoms with E-state index < -0.39 is 0 Å². The molecule has 0 atom stereocenters. The molecule has 6 heteroatoms. The Morgan fingerprint density at radius 3 is 2.84 bits per heavy atom. The molecule has 0 aliphatic heterocycles. The SMILES string of the molecule is CN(CCN)c1nccc(-c2ccc(Br)cc2Cl)n1. The normalized spacial score (nSPS) is 10.5. The molecule has 0 aliphatic carbocycles. The van der Waals surface area contributed by atoms with Crippen molar-refractivity contribution in [2.45, 2.75) is 0 Å². The average molecular weight is 342 g/mol. The first-order valence-corrected chi connectivity index (χ1v) is 6.98. The second-order valence-electron chi connectivity index (χ2n) is 4.08. The van der Waals surface area contributed by atoms with Crippen molar-refractivity contribution in [2.75, 3.05) is 25.0 Å². The maximum atomic E-state index is 6.23. The van der Waals surface area contributed by atoms with E-state index in [-0.39, 0.29) is 0 Å². The van der Waals surface area contributed by atoms with Gasteiger partial charge in [-0.3, -0.25) is 0 Å². The summed E-state index contributed by atoms with van der Waals surface area (Å²) in [6.07, 6.45) is 1.73. The van der Waals surface area contributed by atoms with E-state index in [1.54, 1.807) is 6.20 Å². The molecule has 4 nitrogen and oxygen atoms in total. The zero-order valence-corrected chi connectivity index (χ0v) is 12.8. The number of nitrogens with zero attached hydrogens (tertiary/aromatic N) is 3. The van der Waals surface area contributed by atoms with Crippen LogP contribution in [0.25, 0.3) is 11.3 Å². The van der Waals surface area contributed by atoms with Gasteiger partial charge in [-0.1, -0.05) is 33.6 Å². The summed E-state index contributed by atoms with van der Waals surface area (Å²) in [6, 6.07) is 7.56. The van der Waals surface area contributed by atoms with Gasteiger partial charge in [0.25, 0.3) is 0 Å². The third-order valence-corrected chi connectivity index (χ3v) is 3.46. The van der Waals surface area contributed by atoms with Gasteiger partial charge in [0.05, 0.1) is 10.7 Å². The molecule has 0 amide bonds. The first-order valence-electron chi connectivity index (χ1n) is 5.81. The third kappa shape index (κ3) is 3.43. The van der Waals surface area contributed by atoms with Gasteiger partial charge in [-0.25, -0.2) is 9.97 Å². The van der Waals surface area contributed by atoms with Crippen molar-refractivity contribution >= 4 is 33.5 Å². The fourth-order valence-electron chi connectivity index (χ4n) is 1.67. The first-order chi connectivity index (χ1) is 9.11. The standard InChI is InChI=1S/C13H14BrClN4/c1-19(7-5-16)13-17-6-4-12(18-13)10-3-2-9(14)8-11(10)15/h2-4,6,8H,5,7,16H2,1H3. The van der Waals surface area contributed by atoms with Gasteiger partial charge in [-0.15, -0.1) is 0 Å². The molecule has 19 heavy (non-hydrogen) atoms. The zero-order valence-electron chi connectivity index (χ0n) is 10.5. The molecule has 2 N–H and O–H groups in total. The van der Waals surface area contributed by atoms with Crippen LogP contribution in [0.1, 0.15) is 0 Å². The van der Waals surface area contributed by atoms with E-state index in [0.29, 0.717) is 24.1 Å². The Balaban J connectivity index is 2.37. The molecule has 1 aromatic carbocycles. The van der Waals surface area contributed by atoms with Crippen LogP contribution in [0, 0.1) is 0 Å². The topological polar surface area (TPSA) is 55.0 Å². The Morgan fingerprint density at radius 1 is 1.37 bits per heavy atom. The molecule has 0 saturated carbocycles. The molecule has 0 fully saturated rings. The van der Waals surface area contributed by atoms with Gasteiger partial charge in [0.2, 0.25) is 5.95 Å². The van der Waals surface area contributed by atoms with Crippen molar-refractivity contribution in [3.63, 3.8) is 0 Å². The Labute approximate surface area is 125 Å². The van der Waals surface area contributed by atoms with E-state index in [1.165, 1.54) is 0 Å². The third-order valence-electron chi connectivity index (χ3n) is 2.66. The number of hydrogen-bond donors (Lipinski definition) is 1. The zero-order chi connectivity index (χ0) is 13.8. The minimum atomic E-state index is 0.559. The van der Waals surface area contributed by atoms with E-state index in [4.69, 9.17) is 17.3 Å². The maximum absolute atomic E-state index is 6.23. The molecule has 0 spiro atoms. The van der Waals surface area contributed by atoms with E-state index >= 15 is 0 Å². The van der Waals surface area contributed by atoms with Gasteiger partial charge in [0.1, 0.15) is 0 Å². The predicted octanol–water partition coefficient (Wildman–Crippen LogP) is 2.95. The van der Waals surface area contributed by atoms with E-state index in [1.807, 2.05) is 36.2 Å². The fraction of sp³-hybridized carbons (Fsp3) is 0.231. The lowest BCUT2D eigenvalue weighted by Gasteiger charge is -2.16. The van der Waals surface area contributed by atoms with Crippen LogP contribution in [-0.2, 0) is 0 Å². The molecular weight excluding hydrogens is 328 g/mol. The van der Waals surface area contributed by atoms with Crippen molar-refractivity contribution in [3.8, 4) is 11.3 Å². The van der Waals surface area contributed by atoms with E-state index in [2.05, 4.69) is 25.9 Å². The highest BCUT2D eigenvalue weighted by molar-refractivity contribution is 9.10. The molecule has 0 aliphatic rings. The summed E-state index contributed by atoms with van der Waals surface area (Å²) in [4.78, 5) is 10.7. The van der Waals surface area contributed by atoms with Crippen LogP contribution in [-0.4, -0.2) is 30.1 Å². The second-order valence-corrected chi connectivity index (χ2v) is 5.40. The number of likely N-dealkylation sites (N-methyl/N-ethyl adjacent to an activating group) is 1. The molecule has 1 heterocycles. The summed E-state index contributed by atoms with van der Waals surface area (Å²) in [5.41, 5.74) is 7.21. The molecule has 0 radical (unpaired) electrons. The lowest BCUT2D eigenvalue weighted by atomic mass is 10.1. The number of anilines is 1. The fourth-order valence-corrected chi connectivity index (χ4v) is 2.44. The van der Waals surface area contributed by atoms with Crippen molar-refractivity contribution in [3.05, 3.63) is 40.0 Å². The number of rotatable bonds is 4. The summed E-state index contributed by atoms with van der Waals surface area (Å²) in [6.45, 7) is 1.26. The number of benzene rings is 1. The van der Waals surface area contributed by atoms with Crippen molar-refractivity contribution in [2.24, 2.45) is 5.73 Å². The second kappa shape index (κ2) is 6.32. The molecular formula is C13H14BrClN4. The number of hydrogen-bond acceptors (Lipinski definition) is 4. The summed E-state index contributed by atoms with van der Waals surface area (Å²) in [7, 11) is 1.91. The van der Waals surface area contributed by atoms with Crippen LogP contribution in [0.5, 0.6) is 0 Å². The highest BCUT2D eigenvalue weighted by Gasteiger charge is 2.09. The summed E-state index contributed by atoms with van der Waals surface area (Å²) in [5, 5.41) is 0.653. The molecule has 2 aromatic rings. The summed E-state index contributed by atoms with van der Waals surface area (Å²) < 4.78 is 0.941. The maximum Gasteiger partial charge on any atom is 0.225 e. The number of halogens is 2. The Kier molecular flexibility index (Phi) is 4.74. The van der Waals surface area contributed by atoms with Crippen LogP contribution >= 0.6 is 27.5 Å². The van der Waals surface area contributed by atoms with Crippen LogP contribution in [0.2, 0.25) is 5.02 Å². The van der Waals surface area contributed by atoms with E-state index in [9.17, 15) is 0 Å². The predicted molar refractivity (Wildman–Crippen MR) is 82.5 cm³/mol. The molecule has 2 rings (SSSR count). The average Bonchev–Trinajstić information content (AvgIpc) is 2.39. The minimum Gasteiger partial charge on any atom is -0.343 e.